The minimum absolute atomic E-state index is 0.172. The third kappa shape index (κ3) is 5.91. The van der Waals surface area contributed by atoms with E-state index in [9.17, 15) is 14.4 Å². The maximum atomic E-state index is 12.6. The van der Waals surface area contributed by atoms with Gasteiger partial charge in [-0.05, 0) is 36.5 Å². The Labute approximate surface area is 192 Å². The molecule has 3 amide bonds. The Bertz CT molecular complexity index is 1110. The molecule has 1 aliphatic rings. The number of alkyl carbamates (subject to hydrolysis) is 1. The topological polar surface area (TPSA) is 112 Å². The second kappa shape index (κ2) is 10.7. The Morgan fingerprint density at radius 1 is 0.909 bits per heavy atom. The maximum absolute atomic E-state index is 12.6. The van der Waals surface area contributed by atoms with Gasteiger partial charge in [-0.1, -0.05) is 48.5 Å². The van der Waals surface area contributed by atoms with E-state index in [0.717, 1.165) is 22.0 Å². The molecule has 172 valence electrons. The maximum Gasteiger partial charge on any atom is 0.407 e. The van der Waals surface area contributed by atoms with Crippen molar-refractivity contribution in [1.82, 2.24) is 20.9 Å². The minimum atomic E-state index is -0.589. The van der Waals surface area contributed by atoms with E-state index >= 15 is 0 Å². The first-order chi connectivity index (χ1) is 16.1. The molecule has 2 heterocycles. The highest BCUT2D eigenvalue weighted by Crippen LogP contribution is 2.20. The number of piperazine rings is 1. The van der Waals surface area contributed by atoms with Gasteiger partial charge in [-0.15, -0.1) is 0 Å². The van der Waals surface area contributed by atoms with Gasteiger partial charge in [-0.2, -0.15) is 0 Å². The molecule has 2 atom stereocenters. The number of para-hydroxylation sites is 1. The normalized spacial score (nSPS) is 17.9. The van der Waals surface area contributed by atoms with Crippen LogP contribution in [0, 0.1) is 0 Å². The average Bonchev–Trinajstić information content (AvgIpc) is 3.24. The van der Waals surface area contributed by atoms with E-state index in [4.69, 9.17) is 4.74 Å². The van der Waals surface area contributed by atoms with Crippen molar-refractivity contribution in [2.75, 3.05) is 6.54 Å². The van der Waals surface area contributed by atoms with E-state index in [-0.39, 0.29) is 18.4 Å². The predicted octanol–water partition coefficient (Wildman–Crippen LogP) is 2.79. The Morgan fingerprint density at radius 2 is 1.64 bits per heavy atom. The lowest BCUT2D eigenvalue weighted by atomic mass is 9.99. The van der Waals surface area contributed by atoms with Gasteiger partial charge < -0.3 is 25.7 Å². The minimum Gasteiger partial charge on any atom is -0.445 e. The molecule has 3 aromatic rings. The van der Waals surface area contributed by atoms with Crippen molar-refractivity contribution < 1.29 is 19.1 Å². The number of nitrogens with one attached hydrogen (secondary N) is 4. The van der Waals surface area contributed by atoms with Crippen molar-refractivity contribution in [3.05, 3.63) is 71.9 Å². The van der Waals surface area contributed by atoms with E-state index in [1.54, 1.807) is 0 Å². The number of hydrogen-bond donors (Lipinski definition) is 4. The molecule has 33 heavy (non-hydrogen) atoms. The molecule has 1 fully saturated rings. The summed E-state index contributed by atoms with van der Waals surface area (Å²) < 4.78 is 5.16. The summed E-state index contributed by atoms with van der Waals surface area (Å²) in [6.07, 6.45) is 3.72. The van der Waals surface area contributed by atoms with E-state index in [2.05, 4.69) is 20.9 Å². The van der Waals surface area contributed by atoms with Crippen LogP contribution in [0.2, 0.25) is 0 Å². The van der Waals surface area contributed by atoms with Crippen LogP contribution in [-0.4, -0.2) is 41.5 Å². The zero-order chi connectivity index (χ0) is 23.0. The SMILES string of the molecule is O=C(NCCCC[C@H]1NC(=O)[C@H](Cc2c[nH]c3ccccc23)NC1=O)OCc1ccccc1. The lowest BCUT2D eigenvalue weighted by Gasteiger charge is -2.29. The summed E-state index contributed by atoms with van der Waals surface area (Å²) in [6.45, 7) is 0.666. The summed E-state index contributed by atoms with van der Waals surface area (Å²) in [4.78, 5) is 40.0. The molecule has 0 unspecified atom stereocenters. The van der Waals surface area contributed by atoms with Crippen molar-refractivity contribution >= 4 is 28.8 Å². The van der Waals surface area contributed by atoms with Crippen LogP contribution in [0.1, 0.15) is 30.4 Å². The van der Waals surface area contributed by atoms with Crippen LogP contribution in [-0.2, 0) is 27.4 Å². The van der Waals surface area contributed by atoms with Crippen LogP contribution < -0.4 is 16.0 Å². The quantitative estimate of drug-likeness (QED) is 0.377. The molecule has 8 nitrogen and oxygen atoms in total. The first-order valence-electron chi connectivity index (χ1n) is 11.2. The van der Waals surface area contributed by atoms with Gasteiger partial charge in [0.2, 0.25) is 11.8 Å². The summed E-state index contributed by atoms with van der Waals surface area (Å²) >= 11 is 0. The van der Waals surface area contributed by atoms with E-state index in [1.165, 1.54) is 0 Å². The molecule has 4 N–H and O–H groups in total. The summed E-state index contributed by atoms with van der Waals surface area (Å²) in [6, 6.07) is 16.2. The third-order valence-electron chi connectivity index (χ3n) is 5.77. The highest BCUT2D eigenvalue weighted by atomic mass is 16.5. The second-order valence-corrected chi connectivity index (χ2v) is 8.17. The molecule has 4 rings (SSSR count). The number of unbranched alkanes of at least 4 members (excludes halogenated alkanes) is 1. The van der Waals surface area contributed by atoms with Gasteiger partial charge in [0.15, 0.2) is 0 Å². The number of benzene rings is 2. The summed E-state index contributed by atoms with van der Waals surface area (Å²) in [5.41, 5.74) is 2.93. The molecular formula is C25H28N4O4. The molecule has 2 aromatic carbocycles. The van der Waals surface area contributed by atoms with Crippen LogP contribution in [0.15, 0.2) is 60.8 Å². The van der Waals surface area contributed by atoms with Crippen molar-refractivity contribution in [3.63, 3.8) is 0 Å². The Morgan fingerprint density at radius 3 is 2.48 bits per heavy atom. The molecule has 1 aliphatic heterocycles. The van der Waals surface area contributed by atoms with Crippen LogP contribution in [0.3, 0.4) is 0 Å². The van der Waals surface area contributed by atoms with Gasteiger partial charge in [0.1, 0.15) is 18.7 Å². The molecule has 0 radical (unpaired) electrons. The van der Waals surface area contributed by atoms with E-state index in [0.29, 0.717) is 32.2 Å². The number of carbonyl (C=O) groups excluding carboxylic acids is 3. The number of amides is 3. The highest BCUT2D eigenvalue weighted by molar-refractivity contribution is 5.97. The summed E-state index contributed by atoms with van der Waals surface area (Å²) in [7, 11) is 0. The van der Waals surface area contributed by atoms with Crippen molar-refractivity contribution in [3.8, 4) is 0 Å². The third-order valence-corrected chi connectivity index (χ3v) is 5.77. The zero-order valence-electron chi connectivity index (χ0n) is 18.3. The van der Waals surface area contributed by atoms with Crippen LogP contribution >= 0.6 is 0 Å². The van der Waals surface area contributed by atoms with E-state index in [1.807, 2.05) is 60.8 Å². The van der Waals surface area contributed by atoms with Crippen molar-refractivity contribution in [2.24, 2.45) is 0 Å². The van der Waals surface area contributed by atoms with Gasteiger partial charge in [-0.3, -0.25) is 9.59 Å². The number of H-pyrrole nitrogens is 1. The average molecular weight is 449 g/mol. The standard InChI is InChI=1S/C25H28N4O4/c30-23-21(12-6-7-13-26-25(32)33-16-17-8-2-1-3-9-17)28-24(31)22(29-23)14-18-15-27-20-11-5-4-10-19(18)20/h1-5,8-11,15,21-22,27H,6-7,12-14,16H2,(H,26,32)(H,28,31)(H,29,30)/t21-,22+/m1/s1. The zero-order valence-corrected chi connectivity index (χ0v) is 18.3. The number of aromatic amines is 1. The Balaban J connectivity index is 1.15. The number of fused-ring (bicyclic) bond motifs is 1. The van der Waals surface area contributed by atoms with Crippen LogP contribution in [0.5, 0.6) is 0 Å². The molecule has 8 heteroatoms. The predicted molar refractivity (Wildman–Crippen MR) is 124 cm³/mol. The largest absolute Gasteiger partial charge is 0.445 e. The number of carbonyl (C=O) groups is 3. The molecular weight excluding hydrogens is 420 g/mol. The Kier molecular flexibility index (Phi) is 7.24. The van der Waals surface area contributed by atoms with E-state index < -0.39 is 18.2 Å². The lowest BCUT2D eigenvalue weighted by molar-refractivity contribution is -0.136. The second-order valence-electron chi connectivity index (χ2n) is 8.17. The monoisotopic (exact) mass is 448 g/mol. The fourth-order valence-electron chi connectivity index (χ4n) is 3.98. The fourth-order valence-corrected chi connectivity index (χ4v) is 3.98. The van der Waals surface area contributed by atoms with Crippen LogP contribution in [0.25, 0.3) is 10.9 Å². The lowest BCUT2D eigenvalue weighted by Crippen LogP contribution is -2.62. The fraction of sp³-hybridized carbons (Fsp3) is 0.320. The molecule has 0 saturated carbocycles. The van der Waals surface area contributed by atoms with Gasteiger partial charge in [0.25, 0.3) is 0 Å². The molecule has 0 aliphatic carbocycles. The molecule has 1 saturated heterocycles. The highest BCUT2D eigenvalue weighted by Gasteiger charge is 2.33. The summed E-state index contributed by atoms with van der Waals surface area (Å²) in [5, 5.41) is 9.45. The van der Waals surface area contributed by atoms with Gasteiger partial charge in [-0.25, -0.2) is 4.79 Å². The molecule has 0 bridgehead atoms. The van der Waals surface area contributed by atoms with Crippen LogP contribution in [0.4, 0.5) is 4.79 Å². The number of hydrogen-bond acceptors (Lipinski definition) is 4. The van der Waals surface area contributed by atoms with Crippen molar-refractivity contribution in [2.45, 2.75) is 44.4 Å². The molecule has 0 spiro atoms. The smallest absolute Gasteiger partial charge is 0.407 e. The Hall–Kier alpha value is -3.81. The molecule has 1 aromatic heterocycles. The number of ether oxygens (including phenoxy) is 1. The number of aromatic nitrogens is 1. The van der Waals surface area contributed by atoms with Gasteiger partial charge >= 0.3 is 6.09 Å². The van der Waals surface area contributed by atoms with Crippen molar-refractivity contribution in [1.29, 1.82) is 0 Å². The first-order valence-corrected chi connectivity index (χ1v) is 11.2. The summed E-state index contributed by atoms with van der Waals surface area (Å²) in [5.74, 6) is -0.345. The van der Waals surface area contributed by atoms with Gasteiger partial charge in [0.05, 0.1) is 0 Å². The number of rotatable bonds is 9. The first kappa shape index (κ1) is 22.4. The van der Waals surface area contributed by atoms with Gasteiger partial charge in [0, 0.05) is 30.1 Å².